The minimum absolute atomic E-state index is 0.000000000000000222. The fraction of sp³-hybridized carbons (Fsp3) is 0.333. The summed E-state index contributed by atoms with van der Waals surface area (Å²) in [5.74, 6) is -1.78. The van der Waals surface area contributed by atoms with Crippen molar-refractivity contribution in [2.45, 2.75) is 12.2 Å². The standard InChI is InChI=1S/C9H9BrF2O3/c10-5-1-4(11)2-6(12)8(5)9(15)7(14)3-13/h1-2,7,9,13-15H,3H2. The number of hydrogen-bond donors (Lipinski definition) is 3. The zero-order valence-corrected chi connectivity index (χ0v) is 9.08. The topological polar surface area (TPSA) is 60.7 Å². The van der Waals surface area contributed by atoms with Crippen LogP contribution in [0.5, 0.6) is 0 Å². The zero-order valence-electron chi connectivity index (χ0n) is 7.49. The van der Waals surface area contributed by atoms with Gasteiger partial charge < -0.3 is 15.3 Å². The van der Waals surface area contributed by atoms with Crippen LogP contribution in [0.4, 0.5) is 8.78 Å². The van der Waals surface area contributed by atoms with E-state index < -0.39 is 30.4 Å². The Kier molecular flexibility index (Phi) is 4.15. The van der Waals surface area contributed by atoms with Crippen molar-refractivity contribution in [1.29, 1.82) is 0 Å². The van der Waals surface area contributed by atoms with E-state index in [1.165, 1.54) is 0 Å². The van der Waals surface area contributed by atoms with Crippen LogP contribution in [0.15, 0.2) is 16.6 Å². The molecule has 0 saturated carbocycles. The smallest absolute Gasteiger partial charge is 0.133 e. The van der Waals surface area contributed by atoms with Crippen molar-refractivity contribution >= 4 is 15.9 Å². The summed E-state index contributed by atoms with van der Waals surface area (Å²) in [6.45, 7) is -0.718. The van der Waals surface area contributed by atoms with Crippen molar-refractivity contribution in [3.05, 3.63) is 33.8 Å². The molecule has 0 bridgehead atoms. The number of hydrogen-bond acceptors (Lipinski definition) is 3. The van der Waals surface area contributed by atoms with Crippen molar-refractivity contribution in [2.24, 2.45) is 0 Å². The van der Waals surface area contributed by atoms with Crippen LogP contribution in [0.1, 0.15) is 11.7 Å². The number of benzene rings is 1. The first-order valence-corrected chi connectivity index (χ1v) is 4.88. The van der Waals surface area contributed by atoms with Gasteiger partial charge in [0.2, 0.25) is 0 Å². The number of rotatable bonds is 3. The van der Waals surface area contributed by atoms with Crippen LogP contribution < -0.4 is 0 Å². The quantitative estimate of drug-likeness (QED) is 0.779. The maximum Gasteiger partial charge on any atom is 0.133 e. The first kappa shape index (κ1) is 12.5. The average molecular weight is 283 g/mol. The molecule has 3 nitrogen and oxygen atoms in total. The second kappa shape index (κ2) is 4.98. The van der Waals surface area contributed by atoms with Gasteiger partial charge in [0.25, 0.3) is 0 Å². The molecule has 1 aromatic carbocycles. The van der Waals surface area contributed by atoms with Crippen molar-refractivity contribution in [1.82, 2.24) is 0 Å². The third kappa shape index (κ3) is 2.72. The minimum atomic E-state index is -1.61. The van der Waals surface area contributed by atoms with Crippen LogP contribution >= 0.6 is 15.9 Å². The van der Waals surface area contributed by atoms with Gasteiger partial charge in [-0.1, -0.05) is 15.9 Å². The monoisotopic (exact) mass is 282 g/mol. The molecule has 84 valence electrons. The number of aliphatic hydroxyl groups is 3. The molecule has 15 heavy (non-hydrogen) atoms. The Morgan fingerprint density at radius 2 is 1.87 bits per heavy atom. The highest BCUT2D eigenvalue weighted by molar-refractivity contribution is 9.10. The predicted molar refractivity (Wildman–Crippen MR) is 52.1 cm³/mol. The molecule has 2 atom stereocenters. The Bertz CT molecular complexity index is 336. The molecule has 0 amide bonds. The zero-order chi connectivity index (χ0) is 11.6. The van der Waals surface area contributed by atoms with Gasteiger partial charge >= 0.3 is 0 Å². The highest BCUT2D eigenvalue weighted by Gasteiger charge is 2.24. The minimum Gasteiger partial charge on any atom is -0.394 e. The molecule has 0 aliphatic rings. The maximum atomic E-state index is 13.2. The first-order chi connectivity index (χ1) is 6.97. The van der Waals surface area contributed by atoms with Crippen LogP contribution in [0.2, 0.25) is 0 Å². The molecular weight excluding hydrogens is 274 g/mol. The Hall–Kier alpha value is -0.560. The molecule has 6 heteroatoms. The third-order valence-corrected chi connectivity index (χ3v) is 2.55. The van der Waals surface area contributed by atoms with E-state index >= 15 is 0 Å². The summed E-state index contributed by atoms with van der Waals surface area (Å²) in [7, 11) is 0. The predicted octanol–water partition coefficient (Wildman–Crippen LogP) is 1.11. The lowest BCUT2D eigenvalue weighted by atomic mass is 10.0. The van der Waals surface area contributed by atoms with Gasteiger partial charge in [0, 0.05) is 16.1 Å². The van der Waals surface area contributed by atoms with E-state index in [0.29, 0.717) is 6.07 Å². The highest BCUT2D eigenvalue weighted by Crippen LogP contribution is 2.29. The van der Waals surface area contributed by atoms with Crippen LogP contribution in [0, 0.1) is 11.6 Å². The number of aliphatic hydroxyl groups excluding tert-OH is 3. The van der Waals surface area contributed by atoms with Crippen molar-refractivity contribution in [3.8, 4) is 0 Å². The van der Waals surface area contributed by atoms with E-state index in [-0.39, 0.29) is 10.0 Å². The summed E-state index contributed by atoms with van der Waals surface area (Å²) < 4.78 is 25.9. The molecule has 0 saturated heterocycles. The van der Waals surface area contributed by atoms with E-state index in [4.69, 9.17) is 10.2 Å². The Morgan fingerprint density at radius 3 is 2.33 bits per heavy atom. The van der Waals surface area contributed by atoms with Gasteiger partial charge in [-0.2, -0.15) is 0 Å². The molecule has 0 aliphatic heterocycles. The maximum absolute atomic E-state index is 13.2. The lowest BCUT2D eigenvalue weighted by molar-refractivity contribution is -0.0172. The molecule has 0 fully saturated rings. The molecule has 0 aromatic heterocycles. The molecule has 0 spiro atoms. The summed E-state index contributed by atoms with van der Waals surface area (Å²) in [5, 5.41) is 27.1. The van der Waals surface area contributed by atoms with Gasteiger partial charge in [0.05, 0.1) is 6.61 Å². The van der Waals surface area contributed by atoms with Gasteiger partial charge in [0.15, 0.2) is 0 Å². The SMILES string of the molecule is OCC(O)C(O)c1c(F)cc(F)cc1Br. The Balaban J connectivity index is 3.13. The van der Waals surface area contributed by atoms with Crippen molar-refractivity contribution < 1.29 is 24.1 Å². The van der Waals surface area contributed by atoms with Gasteiger partial charge in [-0.15, -0.1) is 0 Å². The summed E-state index contributed by atoms with van der Waals surface area (Å²) >= 11 is 2.86. The third-order valence-electron chi connectivity index (χ3n) is 1.89. The number of halogens is 3. The van der Waals surface area contributed by atoms with E-state index in [9.17, 15) is 13.9 Å². The van der Waals surface area contributed by atoms with E-state index in [0.717, 1.165) is 6.07 Å². The van der Waals surface area contributed by atoms with Crippen LogP contribution in [0.25, 0.3) is 0 Å². The Labute approximate surface area is 93.1 Å². The average Bonchev–Trinajstić information content (AvgIpc) is 2.14. The summed E-state index contributed by atoms with van der Waals surface area (Å²) in [6, 6.07) is 1.55. The molecule has 3 N–H and O–H groups in total. The van der Waals surface area contributed by atoms with Crippen LogP contribution in [0.3, 0.4) is 0 Å². The second-order valence-corrected chi connectivity index (χ2v) is 3.83. The lowest BCUT2D eigenvalue weighted by Crippen LogP contribution is -2.23. The molecule has 0 aliphatic carbocycles. The van der Waals surface area contributed by atoms with E-state index in [1.54, 1.807) is 0 Å². The second-order valence-electron chi connectivity index (χ2n) is 2.98. The molecular formula is C9H9BrF2O3. The van der Waals surface area contributed by atoms with Crippen molar-refractivity contribution in [2.75, 3.05) is 6.61 Å². The molecule has 1 rings (SSSR count). The Morgan fingerprint density at radius 1 is 1.27 bits per heavy atom. The van der Waals surface area contributed by atoms with Gasteiger partial charge in [-0.3, -0.25) is 0 Å². The molecule has 1 aromatic rings. The molecule has 2 unspecified atom stereocenters. The van der Waals surface area contributed by atoms with Crippen LogP contribution in [-0.2, 0) is 0 Å². The fourth-order valence-electron chi connectivity index (χ4n) is 1.13. The van der Waals surface area contributed by atoms with Gasteiger partial charge in [0.1, 0.15) is 23.8 Å². The van der Waals surface area contributed by atoms with E-state index in [1.807, 2.05) is 0 Å². The van der Waals surface area contributed by atoms with Crippen molar-refractivity contribution in [3.63, 3.8) is 0 Å². The van der Waals surface area contributed by atoms with E-state index in [2.05, 4.69) is 15.9 Å². The lowest BCUT2D eigenvalue weighted by Gasteiger charge is -2.17. The normalized spacial score (nSPS) is 15.1. The summed E-state index contributed by atoms with van der Waals surface area (Å²) in [5.41, 5.74) is -0.280. The highest BCUT2D eigenvalue weighted by atomic mass is 79.9. The van der Waals surface area contributed by atoms with Gasteiger partial charge in [-0.05, 0) is 6.07 Å². The van der Waals surface area contributed by atoms with Gasteiger partial charge in [-0.25, -0.2) is 8.78 Å². The largest absolute Gasteiger partial charge is 0.394 e. The van der Waals surface area contributed by atoms with Crippen LogP contribution in [-0.4, -0.2) is 28.0 Å². The summed E-state index contributed by atoms with van der Waals surface area (Å²) in [6.07, 6.45) is -3.12. The molecule has 0 radical (unpaired) electrons. The first-order valence-electron chi connectivity index (χ1n) is 4.08. The fourth-order valence-corrected chi connectivity index (χ4v) is 1.77. The molecule has 0 heterocycles. The summed E-state index contributed by atoms with van der Waals surface area (Å²) in [4.78, 5) is 0.